The summed E-state index contributed by atoms with van der Waals surface area (Å²) in [5, 5.41) is 0. The van der Waals surface area contributed by atoms with Crippen LogP contribution in [0, 0.1) is 5.92 Å². The molecule has 144 valence electrons. The molecule has 0 saturated heterocycles. The summed E-state index contributed by atoms with van der Waals surface area (Å²) >= 11 is 3.56. The lowest BCUT2D eigenvalue weighted by Crippen LogP contribution is -2.69. The Morgan fingerprint density at radius 2 is 2.00 bits per heavy atom. The molecule has 0 N–H and O–H groups in total. The average Bonchev–Trinajstić information content (AvgIpc) is 2.59. The predicted octanol–water partition coefficient (Wildman–Crippen LogP) is 4.01. The van der Waals surface area contributed by atoms with Crippen molar-refractivity contribution in [3.63, 3.8) is 0 Å². The molecule has 0 spiro atoms. The summed E-state index contributed by atoms with van der Waals surface area (Å²) < 4.78 is 34.6. The average molecular weight is 443 g/mol. The van der Waals surface area contributed by atoms with Gasteiger partial charge in [-0.1, -0.05) is 19.8 Å². The summed E-state index contributed by atoms with van der Waals surface area (Å²) in [7, 11) is -0.248. The van der Waals surface area contributed by atoms with Crippen molar-refractivity contribution in [1.29, 1.82) is 0 Å². The highest BCUT2D eigenvalue weighted by molar-refractivity contribution is 9.10. The first-order valence-electron chi connectivity index (χ1n) is 9.45. The van der Waals surface area contributed by atoms with Gasteiger partial charge in [-0.25, -0.2) is 8.42 Å². The van der Waals surface area contributed by atoms with E-state index in [1.54, 1.807) is 24.5 Å². The van der Waals surface area contributed by atoms with Crippen molar-refractivity contribution in [1.82, 2.24) is 4.31 Å². The van der Waals surface area contributed by atoms with Crippen molar-refractivity contribution in [2.45, 2.75) is 61.9 Å². The van der Waals surface area contributed by atoms with Crippen LogP contribution in [0.2, 0.25) is 0 Å². The van der Waals surface area contributed by atoms with Crippen LogP contribution in [-0.4, -0.2) is 45.0 Å². The Hall–Kier alpha value is -0.790. The lowest BCUT2D eigenvalue weighted by molar-refractivity contribution is -0.0270. The largest absolute Gasteiger partial charge is 0.496 e. The SMILES string of the molecule is CCCCC1CN(C23CC(C2)C3)c2cc(Br)c(OC)cc2S(=O)(=O)N1C. The van der Waals surface area contributed by atoms with Gasteiger partial charge < -0.3 is 9.64 Å². The summed E-state index contributed by atoms with van der Waals surface area (Å²) in [6.07, 6.45) is 6.59. The van der Waals surface area contributed by atoms with E-state index in [0.717, 1.165) is 41.9 Å². The molecule has 1 heterocycles. The van der Waals surface area contributed by atoms with Gasteiger partial charge in [-0.05, 0) is 53.6 Å². The first kappa shape index (κ1) is 18.6. The van der Waals surface area contributed by atoms with E-state index in [1.165, 1.54) is 19.3 Å². The number of unbranched alkanes of at least 4 members (excludes halogenated alkanes) is 1. The van der Waals surface area contributed by atoms with Gasteiger partial charge in [0, 0.05) is 31.2 Å². The van der Waals surface area contributed by atoms with Crippen LogP contribution in [0.1, 0.15) is 45.4 Å². The number of hydrogen-bond donors (Lipinski definition) is 0. The number of nitrogens with zero attached hydrogens (tertiary/aromatic N) is 2. The molecule has 4 aliphatic rings. The molecular formula is C19H27BrN2O3S. The van der Waals surface area contributed by atoms with Crippen LogP contribution in [0.15, 0.2) is 21.5 Å². The van der Waals surface area contributed by atoms with Gasteiger partial charge in [0.25, 0.3) is 0 Å². The summed E-state index contributed by atoms with van der Waals surface area (Å²) in [5.74, 6) is 1.40. The molecule has 7 heteroatoms. The maximum Gasteiger partial charge on any atom is 0.245 e. The van der Waals surface area contributed by atoms with E-state index in [2.05, 4.69) is 27.8 Å². The van der Waals surface area contributed by atoms with Crippen molar-refractivity contribution < 1.29 is 13.2 Å². The summed E-state index contributed by atoms with van der Waals surface area (Å²) in [4.78, 5) is 2.79. The zero-order valence-electron chi connectivity index (χ0n) is 15.7. The highest BCUT2D eigenvalue weighted by atomic mass is 79.9. The second-order valence-corrected chi connectivity index (χ2v) is 10.9. The van der Waals surface area contributed by atoms with Crippen molar-refractivity contribution >= 4 is 31.6 Å². The van der Waals surface area contributed by atoms with Crippen LogP contribution in [0.3, 0.4) is 0 Å². The minimum atomic E-state index is -3.56. The van der Waals surface area contributed by atoms with Gasteiger partial charge in [0.1, 0.15) is 10.6 Å². The number of rotatable bonds is 5. The molecule has 0 amide bonds. The molecule has 0 radical (unpaired) electrons. The third-order valence-corrected chi connectivity index (χ3v) is 9.12. The van der Waals surface area contributed by atoms with Gasteiger partial charge in [0.2, 0.25) is 10.0 Å². The van der Waals surface area contributed by atoms with Crippen LogP contribution >= 0.6 is 15.9 Å². The van der Waals surface area contributed by atoms with Gasteiger partial charge in [0.15, 0.2) is 0 Å². The molecule has 2 bridgehead atoms. The molecule has 1 aromatic rings. The topological polar surface area (TPSA) is 49.9 Å². The summed E-state index contributed by atoms with van der Waals surface area (Å²) in [5.41, 5.74) is 1.00. The number of ether oxygens (including phenoxy) is 1. The van der Waals surface area contributed by atoms with Gasteiger partial charge >= 0.3 is 0 Å². The monoisotopic (exact) mass is 442 g/mol. The van der Waals surface area contributed by atoms with Crippen LogP contribution in [-0.2, 0) is 10.0 Å². The minimum absolute atomic E-state index is 0.00569. The van der Waals surface area contributed by atoms with E-state index in [9.17, 15) is 8.42 Å². The quantitative estimate of drug-likeness (QED) is 0.690. The molecule has 1 atom stereocenters. The lowest BCUT2D eigenvalue weighted by Gasteiger charge is -2.67. The van der Waals surface area contributed by atoms with Gasteiger partial charge in [-0.15, -0.1) is 0 Å². The van der Waals surface area contributed by atoms with Crippen LogP contribution < -0.4 is 9.64 Å². The first-order chi connectivity index (χ1) is 12.3. The van der Waals surface area contributed by atoms with Gasteiger partial charge in [0.05, 0.1) is 17.3 Å². The molecule has 3 saturated carbocycles. The Morgan fingerprint density at radius 3 is 2.54 bits per heavy atom. The van der Waals surface area contributed by atoms with Crippen LogP contribution in [0.25, 0.3) is 0 Å². The van der Waals surface area contributed by atoms with Crippen molar-refractivity contribution in [3.05, 3.63) is 16.6 Å². The van der Waals surface area contributed by atoms with E-state index < -0.39 is 10.0 Å². The number of halogens is 1. The number of hydrogen-bond acceptors (Lipinski definition) is 4. The van der Waals surface area contributed by atoms with Crippen LogP contribution in [0.4, 0.5) is 5.69 Å². The fraction of sp³-hybridized carbons (Fsp3) is 0.684. The normalized spacial score (nSPS) is 32.2. The Morgan fingerprint density at radius 1 is 1.31 bits per heavy atom. The molecule has 0 aromatic heterocycles. The van der Waals surface area contributed by atoms with E-state index in [0.29, 0.717) is 10.6 Å². The molecule has 1 aliphatic heterocycles. The minimum Gasteiger partial charge on any atom is -0.496 e. The second-order valence-electron chi connectivity index (χ2n) is 8.09. The number of likely N-dealkylation sites (N-methyl/N-ethyl adjacent to an activating group) is 1. The third kappa shape index (κ3) is 2.61. The standard InChI is InChI=1S/C19H27BrN2O3S/c1-4-5-6-14-12-22(19-9-13(10-19)11-19)16-7-15(20)17(25-3)8-18(16)26(23,24)21(14)2/h7-8,13-14H,4-6,9-12H2,1-3H3. The fourth-order valence-corrected chi connectivity index (χ4v) is 6.86. The smallest absolute Gasteiger partial charge is 0.245 e. The van der Waals surface area contributed by atoms with Crippen molar-refractivity contribution in [2.75, 3.05) is 25.6 Å². The van der Waals surface area contributed by atoms with E-state index in [4.69, 9.17) is 4.74 Å². The van der Waals surface area contributed by atoms with Crippen molar-refractivity contribution in [3.8, 4) is 5.75 Å². The fourth-order valence-electron chi connectivity index (χ4n) is 4.80. The molecule has 1 unspecified atom stereocenters. The van der Waals surface area contributed by atoms with E-state index in [-0.39, 0.29) is 11.6 Å². The van der Waals surface area contributed by atoms with Crippen LogP contribution in [0.5, 0.6) is 5.75 Å². The Balaban J connectivity index is 1.85. The summed E-state index contributed by atoms with van der Waals surface area (Å²) in [6.45, 7) is 2.93. The van der Waals surface area contributed by atoms with Gasteiger partial charge in [-0.3, -0.25) is 0 Å². The van der Waals surface area contributed by atoms with E-state index in [1.807, 2.05) is 6.07 Å². The number of fused-ring (bicyclic) bond motifs is 1. The summed E-state index contributed by atoms with van der Waals surface area (Å²) in [6, 6.07) is 3.64. The number of benzene rings is 1. The van der Waals surface area contributed by atoms with Gasteiger partial charge in [-0.2, -0.15) is 4.31 Å². The number of methoxy groups -OCH3 is 1. The zero-order valence-corrected chi connectivity index (χ0v) is 18.1. The third-order valence-electron chi connectivity index (χ3n) is 6.56. The number of anilines is 1. The highest BCUT2D eigenvalue weighted by Gasteiger charge is 2.61. The first-order valence-corrected chi connectivity index (χ1v) is 11.7. The highest BCUT2D eigenvalue weighted by Crippen LogP contribution is 2.62. The zero-order chi connectivity index (χ0) is 18.7. The Bertz CT molecular complexity index is 809. The molecule has 5 nitrogen and oxygen atoms in total. The molecular weight excluding hydrogens is 416 g/mol. The molecule has 1 aromatic carbocycles. The Labute approximate surface area is 164 Å². The Kier molecular flexibility index (Phi) is 4.56. The second kappa shape index (κ2) is 6.38. The van der Waals surface area contributed by atoms with E-state index >= 15 is 0 Å². The lowest BCUT2D eigenvalue weighted by atomic mass is 9.49. The molecule has 3 aliphatic carbocycles. The molecule has 5 rings (SSSR count). The van der Waals surface area contributed by atoms with Crippen molar-refractivity contribution in [2.24, 2.45) is 5.92 Å². The number of sulfonamides is 1. The maximum absolute atomic E-state index is 13.4. The predicted molar refractivity (Wildman–Crippen MR) is 106 cm³/mol. The maximum atomic E-state index is 13.4. The molecule has 3 fully saturated rings. The molecule has 26 heavy (non-hydrogen) atoms.